The minimum Gasteiger partial charge on any atom is -0.394 e. The Morgan fingerprint density at radius 3 is 2.30 bits per heavy atom. The first-order chi connectivity index (χ1) is 11.0. The van der Waals surface area contributed by atoms with Crippen LogP contribution in [0.15, 0.2) is 18.2 Å². The molecule has 1 heterocycles. The molecule has 1 aromatic rings. The largest absolute Gasteiger partial charge is 0.394 e. The summed E-state index contributed by atoms with van der Waals surface area (Å²) in [4.78, 5) is 16.5. The number of nitrogens with one attached hydrogen (secondary N) is 1. The Morgan fingerprint density at radius 2 is 1.74 bits per heavy atom. The second-order valence-corrected chi connectivity index (χ2v) is 6.23. The molecule has 0 bridgehead atoms. The fraction of sp³-hybridized carbons (Fsp3) is 0.588. The SMILES string of the molecule is Cc1cccc(C)c1NC(=O)CN1CCN(C[C@@H](O)CO)CC1. The van der Waals surface area contributed by atoms with E-state index in [0.29, 0.717) is 13.1 Å². The summed E-state index contributed by atoms with van der Waals surface area (Å²) in [5, 5.41) is 21.4. The lowest BCUT2D eigenvalue weighted by molar-refractivity contribution is -0.117. The molecule has 0 aromatic heterocycles. The van der Waals surface area contributed by atoms with E-state index in [-0.39, 0.29) is 12.5 Å². The predicted molar refractivity (Wildman–Crippen MR) is 90.5 cm³/mol. The number of carbonyl (C=O) groups is 1. The molecule has 6 nitrogen and oxygen atoms in total. The molecule has 0 spiro atoms. The summed E-state index contributed by atoms with van der Waals surface area (Å²) in [5.74, 6) is 0.00578. The Kier molecular flexibility index (Phi) is 6.53. The van der Waals surface area contributed by atoms with E-state index >= 15 is 0 Å². The van der Waals surface area contributed by atoms with Gasteiger partial charge in [0.05, 0.1) is 19.3 Å². The number of amides is 1. The van der Waals surface area contributed by atoms with Gasteiger partial charge < -0.3 is 15.5 Å². The highest BCUT2D eigenvalue weighted by molar-refractivity contribution is 5.93. The number of para-hydroxylation sites is 1. The van der Waals surface area contributed by atoms with Gasteiger partial charge in [0.2, 0.25) is 5.91 Å². The van der Waals surface area contributed by atoms with E-state index in [1.807, 2.05) is 32.0 Å². The standard InChI is InChI=1S/C17H27N3O3/c1-13-4-3-5-14(2)17(13)18-16(23)11-20-8-6-19(7-9-20)10-15(22)12-21/h3-5,15,21-22H,6-12H2,1-2H3,(H,18,23)/t15-/m1/s1. The third-order valence-corrected chi connectivity index (χ3v) is 4.26. The molecule has 0 saturated carbocycles. The number of hydrogen-bond donors (Lipinski definition) is 3. The number of hydrogen-bond acceptors (Lipinski definition) is 5. The molecule has 128 valence electrons. The molecule has 0 aliphatic carbocycles. The maximum absolute atomic E-state index is 12.3. The zero-order valence-electron chi connectivity index (χ0n) is 14.0. The number of benzene rings is 1. The molecular formula is C17H27N3O3. The van der Waals surface area contributed by atoms with Crippen LogP contribution >= 0.6 is 0 Å². The fourth-order valence-corrected chi connectivity index (χ4v) is 2.88. The van der Waals surface area contributed by atoms with Crippen molar-refractivity contribution in [3.63, 3.8) is 0 Å². The summed E-state index contributed by atoms with van der Waals surface area (Å²) in [6.07, 6.45) is -0.686. The van der Waals surface area contributed by atoms with Gasteiger partial charge in [0.25, 0.3) is 0 Å². The first kappa shape index (κ1) is 17.9. The summed E-state index contributed by atoms with van der Waals surface area (Å²) in [6, 6.07) is 5.97. The number of β-amino-alcohol motifs (C(OH)–C–C–N with tert-alkyl or cyclic N) is 1. The molecule has 1 atom stereocenters. The van der Waals surface area contributed by atoms with Gasteiger partial charge in [-0.1, -0.05) is 18.2 Å². The molecule has 2 rings (SSSR count). The monoisotopic (exact) mass is 321 g/mol. The Hall–Kier alpha value is -1.47. The van der Waals surface area contributed by atoms with Crippen molar-refractivity contribution >= 4 is 11.6 Å². The summed E-state index contributed by atoms with van der Waals surface area (Å²) < 4.78 is 0. The van der Waals surface area contributed by atoms with Crippen LogP contribution in [0, 0.1) is 13.8 Å². The molecular weight excluding hydrogens is 294 g/mol. The zero-order valence-corrected chi connectivity index (χ0v) is 14.0. The molecule has 1 saturated heterocycles. The highest BCUT2D eigenvalue weighted by Gasteiger charge is 2.20. The maximum Gasteiger partial charge on any atom is 0.238 e. The van der Waals surface area contributed by atoms with Crippen LogP contribution in [0.25, 0.3) is 0 Å². The van der Waals surface area contributed by atoms with Crippen molar-refractivity contribution in [2.75, 3.05) is 51.2 Å². The van der Waals surface area contributed by atoms with Gasteiger partial charge in [0.1, 0.15) is 0 Å². The van der Waals surface area contributed by atoms with Crippen molar-refractivity contribution in [1.29, 1.82) is 0 Å². The average molecular weight is 321 g/mol. The molecule has 0 radical (unpaired) electrons. The van der Waals surface area contributed by atoms with E-state index in [9.17, 15) is 9.90 Å². The second kappa shape index (κ2) is 8.40. The number of aliphatic hydroxyl groups is 2. The molecule has 1 aliphatic heterocycles. The molecule has 1 amide bonds. The van der Waals surface area contributed by atoms with Gasteiger partial charge in [-0.25, -0.2) is 0 Å². The highest BCUT2D eigenvalue weighted by Crippen LogP contribution is 2.19. The second-order valence-electron chi connectivity index (χ2n) is 6.23. The first-order valence-corrected chi connectivity index (χ1v) is 8.09. The van der Waals surface area contributed by atoms with Crippen molar-refractivity contribution in [3.05, 3.63) is 29.3 Å². The van der Waals surface area contributed by atoms with Gasteiger partial charge in [-0.3, -0.25) is 14.6 Å². The number of aliphatic hydroxyl groups excluding tert-OH is 2. The number of rotatable bonds is 6. The van der Waals surface area contributed by atoms with E-state index < -0.39 is 6.10 Å². The predicted octanol–water partition coefficient (Wildman–Crippen LogP) is 0.213. The van der Waals surface area contributed by atoms with Gasteiger partial charge in [-0.15, -0.1) is 0 Å². The van der Waals surface area contributed by atoms with Crippen LogP contribution < -0.4 is 5.32 Å². The first-order valence-electron chi connectivity index (χ1n) is 8.09. The molecule has 1 aliphatic rings. The number of anilines is 1. The van der Waals surface area contributed by atoms with Crippen molar-refractivity contribution in [2.45, 2.75) is 20.0 Å². The average Bonchev–Trinajstić information content (AvgIpc) is 2.53. The van der Waals surface area contributed by atoms with Crippen LogP contribution in [0.2, 0.25) is 0 Å². The highest BCUT2D eigenvalue weighted by atomic mass is 16.3. The summed E-state index contributed by atoms with van der Waals surface area (Å²) in [5.41, 5.74) is 3.05. The quantitative estimate of drug-likeness (QED) is 0.698. The topological polar surface area (TPSA) is 76.0 Å². The van der Waals surface area contributed by atoms with Crippen LogP contribution in [-0.2, 0) is 4.79 Å². The molecule has 23 heavy (non-hydrogen) atoms. The Morgan fingerprint density at radius 1 is 1.17 bits per heavy atom. The maximum atomic E-state index is 12.3. The third kappa shape index (κ3) is 5.28. The number of nitrogens with zero attached hydrogens (tertiary/aromatic N) is 2. The molecule has 6 heteroatoms. The molecule has 3 N–H and O–H groups in total. The summed E-state index contributed by atoms with van der Waals surface area (Å²) in [7, 11) is 0. The number of carbonyl (C=O) groups excluding carboxylic acids is 1. The van der Waals surface area contributed by atoms with Crippen LogP contribution in [0.1, 0.15) is 11.1 Å². The number of aryl methyl sites for hydroxylation is 2. The lowest BCUT2D eigenvalue weighted by Crippen LogP contribution is -2.50. The van der Waals surface area contributed by atoms with Gasteiger partial charge in [0.15, 0.2) is 0 Å². The summed E-state index contributed by atoms with van der Waals surface area (Å²) >= 11 is 0. The van der Waals surface area contributed by atoms with Gasteiger partial charge in [-0.05, 0) is 25.0 Å². The normalized spacial score (nSPS) is 17.9. The summed E-state index contributed by atoms with van der Waals surface area (Å²) in [6.45, 7) is 7.82. The van der Waals surface area contributed by atoms with Crippen molar-refractivity contribution in [3.8, 4) is 0 Å². The molecule has 0 unspecified atom stereocenters. The van der Waals surface area contributed by atoms with Gasteiger partial charge in [-0.2, -0.15) is 0 Å². The number of piperazine rings is 1. The molecule has 1 fully saturated rings. The fourth-order valence-electron chi connectivity index (χ4n) is 2.88. The Bertz CT molecular complexity index is 508. The van der Waals surface area contributed by atoms with Crippen molar-refractivity contribution in [1.82, 2.24) is 9.80 Å². The smallest absolute Gasteiger partial charge is 0.238 e. The van der Waals surface area contributed by atoms with Crippen LogP contribution in [-0.4, -0.2) is 77.9 Å². The van der Waals surface area contributed by atoms with E-state index in [1.54, 1.807) is 0 Å². The minimum absolute atomic E-state index is 0.00578. The van der Waals surface area contributed by atoms with E-state index in [0.717, 1.165) is 43.0 Å². The van der Waals surface area contributed by atoms with Crippen molar-refractivity contribution < 1.29 is 15.0 Å². The van der Waals surface area contributed by atoms with E-state index in [4.69, 9.17) is 5.11 Å². The van der Waals surface area contributed by atoms with E-state index in [1.165, 1.54) is 0 Å². The van der Waals surface area contributed by atoms with Gasteiger partial charge >= 0.3 is 0 Å². The van der Waals surface area contributed by atoms with E-state index in [2.05, 4.69) is 15.1 Å². The lowest BCUT2D eigenvalue weighted by atomic mass is 10.1. The van der Waals surface area contributed by atoms with Crippen molar-refractivity contribution in [2.24, 2.45) is 0 Å². The Balaban J connectivity index is 1.79. The van der Waals surface area contributed by atoms with Crippen LogP contribution in [0.3, 0.4) is 0 Å². The molecule has 1 aromatic carbocycles. The van der Waals surface area contributed by atoms with Crippen LogP contribution in [0.4, 0.5) is 5.69 Å². The third-order valence-electron chi connectivity index (χ3n) is 4.26. The van der Waals surface area contributed by atoms with Gasteiger partial charge in [0, 0.05) is 38.4 Å². The Labute approximate surface area is 137 Å². The van der Waals surface area contributed by atoms with Crippen LogP contribution in [0.5, 0.6) is 0 Å². The lowest BCUT2D eigenvalue weighted by Gasteiger charge is -2.35. The minimum atomic E-state index is -0.686. The zero-order chi connectivity index (χ0) is 16.8.